The normalized spacial score (nSPS) is 10.1. The summed E-state index contributed by atoms with van der Waals surface area (Å²) < 4.78 is 6.20. The molecule has 0 saturated heterocycles. The van der Waals surface area contributed by atoms with Crippen molar-refractivity contribution in [1.29, 1.82) is 0 Å². The van der Waals surface area contributed by atoms with Gasteiger partial charge < -0.3 is 14.6 Å². The van der Waals surface area contributed by atoms with Crippen LogP contribution in [0, 0.1) is 0 Å². The van der Waals surface area contributed by atoms with Crippen LogP contribution in [0.2, 0.25) is 5.02 Å². The summed E-state index contributed by atoms with van der Waals surface area (Å²) in [5.74, 6) is -0.102. The van der Waals surface area contributed by atoms with Gasteiger partial charge in [0.1, 0.15) is 6.54 Å². The van der Waals surface area contributed by atoms with E-state index in [1.165, 1.54) is 17.9 Å². The van der Waals surface area contributed by atoms with Crippen molar-refractivity contribution < 1.29 is 9.53 Å². The Hall–Kier alpha value is -2.27. The first kappa shape index (κ1) is 14.1. The van der Waals surface area contributed by atoms with Crippen molar-refractivity contribution in [3.63, 3.8) is 0 Å². The number of benzene rings is 1. The number of nitrogens with one attached hydrogen (secondary N) is 1. The second-order valence-corrected chi connectivity index (χ2v) is 4.50. The average molecular weight is 293 g/mol. The number of aromatic nitrogens is 1. The van der Waals surface area contributed by atoms with Gasteiger partial charge in [-0.05, 0) is 36.4 Å². The minimum Gasteiger partial charge on any atom is -0.491 e. The highest BCUT2D eigenvalue weighted by atomic mass is 35.5. The maximum atomic E-state index is 11.9. The minimum atomic E-state index is -0.346. The van der Waals surface area contributed by atoms with Crippen LogP contribution in [-0.2, 0) is 11.3 Å². The molecule has 1 heterocycles. The molecule has 2 aromatic rings. The smallest absolute Gasteiger partial charge is 0.293 e. The van der Waals surface area contributed by atoms with Gasteiger partial charge >= 0.3 is 0 Å². The van der Waals surface area contributed by atoms with Crippen LogP contribution in [0.5, 0.6) is 5.75 Å². The minimum absolute atomic E-state index is 0.0847. The fraction of sp³-hybridized carbons (Fsp3) is 0.143. The van der Waals surface area contributed by atoms with Crippen molar-refractivity contribution in [2.24, 2.45) is 0 Å². The van der Waals surface area contributed by atoms with Crippen molar-refractivity contribution in [2.75, 3.05) is 12.4 Å². The lowest BCUT2D eigenvalue weighted by Gasteiger charge is -2.08. The van der Waals surface area contributed by atoms with Crippen molar-refractivity contribution in [3.8, 4) is 5.75 Å². The summed E-state index contributed by atoms with van der Waals surface area (Å²) in [6.45, 7) is -0.0847. The van der Waals surface area contributed by atoms with Crippen LogP contribution >= 0.6 is 11.6 Å². The number of ether oxygens (including phenoxy) is 1. The summed E-state index contributed by atoms with van der Waals surface area (Å²) in [5.41, 5.74) is 0.275. The van der Waals surface area contributed by atoms with E-state index >= 15 is 0 Å². The molecule has 0 unspecified atom stereocenters. The molecule has 0 bridgehead atoms. The third-order valence-corrected chi connectivity index (χ3v) is 2.90. The van der Waals surface area contributed by atoms with E-state index in [0.29, 0.717) is 10.7 Å². The highest BCUT2D eigenvalue weighted by Crippen LogP contribution is 2.13. The van der Waals surface area contributed by atoms with Crippen LogP contribution in [0.3, 0.4) is 0 Å². The van der Waals surface area contributed by atoms with Gasteiger partial charge in [0, 0.05) is 16.9 Å². The fourth-order valence-corrected chi connectivity index (χ4v) is 1.81. The van der Waals surface area contributed by atoms with Gasteiger partial charge in [0.15, 0.2) is 5.75 Å². The Morgan fingerprint density at radius 3 is 2.65 bits per heavy atom. The van der Waals surface area contributed by atoms with Gasteiger partial charge in [-0.15, -0.1) is 0 Å². The zero-order chi connectivity index (χ0) is 14.5. The topological polar surface area (TPSA) is 60.3 Å². The van der Waals surface area contributed by atoms with Crippen LogP contribution < -0.4 is 15.6 Å². The maximum absolute atomic E-state index is 11.9. The molecule has 6 heteroatoms. The third kappa shape index (κ3) is 3.39. The average Bonchev–Trinajstić information content (AvgIpc) is 2.44. The molecule has 1 aromatic carbocycles. The SMILES string of the molecule is COc1cccn(CC(=O)Nc2ccc(Cl)cc2)c1=O. The van der Waals surface area contributed by atoms with Crippen molar-refractivity contribution in [2.45, 2.75) is 6.54 Å². The van der Waals surface area contributed by atoms with Crippen LogP contribution in [-0.4, -0.2) is 17.6 Å². The van der Waals surface area contributed by atoms with Gasteiger partial charge in [0.25, 0.3) is 5.56 Å². The maximum Gasteiger partial charge on any atom is 0.293 e. The predicted octanol–water partition coefficient (Wildman–Crippen LogP) is 2.15. The van der Waals surface area contributed by atoms with Crippen LogP contribution in [0.25, 0.3) is 0 Å². The molecule has 0 radical (unpaired) electrons. The molecule has 104 valence electrons. The van der Waals surface area contributed by atoms with Crippen molar-refractivity contribution in [3.05, 3.63) is 58.0 Å². The van der Waals surface area contributed by atoms with E-state index in [-0.39, 0.29) is 23.8 Å². The Balaban J connectivity index is 2.08. The molecule has 0 aliphatic rings. The highest BCUT2D eigenvalue weighted by Gasteiger charge is 2.07. The second kappa shape index (κ2) is 6.25. The van der Waals surface area contributed by atoms with E-state index in [4.69, 9.17) is 16.3 Å². The molecule has 0 atom stereocenters. The Labute approximate surface area is 120 Å². The largest absolute Gasteiger partial charge is 0.491 e. The molecule has 5 nitrogen and oxygen atoms in total. The van der Waals surface area contributed by atoms with Crippen LogP contribution in [0.15, 0.2) is 47.4 Å². The lowest BCUT2D eigenvalue weighted by atomic mass is 10.3. The van der Waals surface area contributed by atoms with E-state index in [1.54, 1.807) is 36.4 Å². The molecule has 0 aliphatic heterocycles. The molecule has 1 aromatic heterocycles. The van der Waals surface area contributed by atoms with E-state index < -0.39 is 0 Å². The number of pyridine rings is 1. The number of nitrogens with zero attached hydrogens (tertiary/aromatic N) is 1. The molecular weight excluding hydrogens is 280 g/mol. The number of anilines is 1. The highest BCUT2D eigenvalue weighted by molar-refractivity contribution is 6.30. The Bertz CT molecular complexity index is 665. The number of methoxy groups -OCH3 is 1. The number of hydrogen-bond acceptors (Lipinski definition) is 3. The predicted molar refractivity (Wildman–Crippen MR) is 77.3 cm³/mol. The van der Waals surface area contributed by atoms with Crippen LogP contribution in [0.1, 0.15) is 0 Å². The second-order valence-electron chi connectivity index (χ2n) is 4.06. The molecule has 2 rings (SSSR count). The third-order valence-electron chi connectivity index (χ3n) is 2.65. The number of amides is 1. The first-order valence-electron chi connectivity index (χ1n) is 5.89. The lowest BCUT2D eigenvalue weighted by Crippen LogP contribution is -2.27. The van der Waals surface area contributed by atoms with Gasteiger partial charge in [-0.25, -0.2) is 0 Å². The zero-order valence-corrected chi connectivity index (χ0v) is 11.6. The molecule has 1 N–H and O–H groups in total. The molecule has 20 heavy (non-hydrogen) atoms. The summed E-state index contributed by atoms with van der Waals surface area (Å²) in [5, 5.41) is 3.27. The Morgan fingerprint density at radius 2 is 2.00 bits per heavy atom. The summed E-state index contributed by atoms with van der Waals surface area (Å²) >= 11 is 5.76. The molecular formula is C14H13ClN2O3. The first-order valence-corrected chi connectivity index (χ1v) is 6.27. The number of rotatable bonds is 4. The molecule has 0 saturated carbocycles. The lowest BCUT2D eigenvalue weighted by molar-refractivity contribution is -0.116. The molecule has 0 fully saturated rings. The van der Waals surface area contributed by atoms with Gasteiger partial charge in [0.2, 0.25) is 5.91 Å². The molecule has 1 amide bonds. The standard InChI is InChI=1S/C14H13ClN2O3/c1-20-12-3-2-8-17(14(12)19)9-13(18)16-11-6-4-10(15)5-7-11/h2-8H,9H2,1H3,(H,16,18). The van der Waals surface area contributed by atoms with Crippen molar-refractivity contribution >= 4 is 23.2 Å². The summed E-state index contributed by atoms with van der Waals surface area (Å²) in [6, 6.07) is 9.93. The molecule has 0 aliphatic carbocycles. The van der Waals surface area contributed by atoms with Gasteiger partial charge in [-0.3, -0.25) is 9.59 Å². The van der Waals surface area contributed by atoms with Gasteiger partial charge in [0.05, 0.1) is 7.11 Å². The Kier molecular flexibility index (Phi) is 4.42. The monoisotopic (exact) mass is 292 g/mol. The summed E-state index contributed by atoms with van der Waals surface area (Å²) in [4.78, 5) is 23.7. The van der Waals surface area contributed by atoms with E-state index in [0.717, 1.165) is 0 Å². The summed E-state index contributed by atoms with van der Waals surface area (Å²) in [7, 11) is 1.41. The number of carbonyl (C=O) groups excluding carboxylic acids is 1. The van der Waals surface area contributed by atoms with E-state index in [9.17, 15) is 9.59 Å². The number of halogens is 1. The summed E-state index contributed by atoms with van der Waals surface area (Å²) in [6.07, 6.45) is 1.53. The van der Waals surface area contributed by atoms with Crippen LogP contribution in [0.4, 0.5) is 5.69 Å². The van der Waals surface area contributed by atoms with E-state index in [1.807, 2.05) is 0 Å². The number of hydrogen-bond donors (Lipinski definition) is 1. The Morgan fingerprint density at radius 1 is 1.30 bits per heavy atom. The van der Waals surface area contributed by atoms with Gasteiger partial charge in [-0.1, -0.05) is 11.6 Å². The number of carbonyl (C=O) groups is 1. The van der Waals surface area contributed by atoms with Crippen molar-refractivity contribution in [1.82, 2.24) is 4.57 Å². The van der Waals surface area contributed by atoms with Gasteiger partial charge in [-0.2, -0.15) is 0 Å². The quantitative estimate of drug-likeness (QED) is 0.939. The van der Waals surface area contributed by atoms with E-state index in [2.05, 4.69) is 5.32 Å². The fourth-order valence-electron chi connectivity index (χ4n) is 1.68. The molecule has 0 spiro atoms. The first-order chi connectivity index (χ1) is 9.60. The zero-order valence-electron chi connectivity index (χ0n) is 10.8.